The molecule has 1 nitrogen and oxygen atoms in total. The highest BCUT2D eigenvalue weighted by Crippen LogP contribution is 2.28. The van der Waals surface area contributed by atoms with Gasteiger partial charge in [-0.3, -0.25) is 0 Å². The van der Waals surface area contributed by atoms with Crippen LogP contribution in [0.15, 0.2) is 24.3 Å². The van der Waals surface area contributed by atoms with Crippen LogP contribution in [-0.4, -0.2) is 11.4 Å². The number of halogens is 1. The summed E-state index contributed by atoms with van der Waals surface area (Å²) in [5.74, 6) is 1.52. The van der Waals surface area contributed by atoms with Gasteiger partial charge in [0, 0.05) is 4.83 Å². The Kier molecular flexibility index (Phi) is 5.89. The Labute approximate surface area is 107 Å². The van der Waals surface area contributed by atoms with Gasteiger partial charge in [-0.1, -0.05) is 48.8 Å². The van der Waals surface area contributed by atoms with Crippen molar-refractivity contribution in [2.24, 2.45) is 0 Å². The van der Waals surface area contributed by atoms with Gasteiger partial charge >= 0.3 is 0 Å². The van der Waals surface area contributed by atoms with Gasteiger partial charge < -0.3 is 4.74 Å². The maximum atomic E-state index is 5.56. The van der Waals surface area contributed by atoms with Crippen molar-refractivity contribution in [3.05, 3.63) is 29.8 Å². The summed E-state index contributed by atoms with van der Waals surface area (Å²) in [6, 6.07) is 8.47. The zero-order valence-electron chi connectivity index (χ0n) is 10.4. The quantitative estimate of drug-likeness (QED) is 0.685. The number of alkyl halides is 1. The molecule has 0 saturated carbocycles. The minimum absolute atomic E-state index is 0.547. The Hall–Kier alpha value is -0.500. The lowest BCUT2D eigenvalue weighted by molar-refractivity contribution is 0.317. The van der Waals surface area contributed by atoms with E-state index in [1.54, 1.807) is 0 Å². The molecule has 90 valence electrons. The number of hydrogen-bond donors (Lipinski definition) is 0. The van der Waals surface area contributed by atoms with Gasteiger partial charge in [0.05, 0.1) is 6.61 Å². The highest BCUT2D eigenvalue weighted by Gasteiger charge is 2.13. The fourth-order valence-corrected chi connectivity index (χ4v) is 1.96. The highest BCUT2D eigenvalue weighted by atomic mass is 79.9. The van der Waals surface area contributed by atoms with Crippen LogP contribution in [0.3, 0.4) is 0 Å². The van der Waals surface area contributed by atoms with E-state index >= 15 is 0 Å². The van der Waals surface area contributed by atoms with Gasteiger partial charge in [-0.05, 0) is 36.5 Å². The lowest BCUT2D eigenvalue weighted by Gasteiger charge is -2.17. The Morgan fingerprint density at radius 1 is 1.19 bits per heavy atom. The van der Waals surface area contributed by atoms with Crippen molar-refractivity contribution < 1.29 is 4.74 Å². The summed E-state index contributed by atoms with van der Waals surface area (Å²) >= 11 is 3.71. The number of hydrogen-bond acceptors (Lipinski definition) is 1. The monoisotopic (exact) mass is 284 g/mol. The third-order valence-electron chi connectivity index (χ3n) is 2.81. The Bertz CT molecular complexity index is 294. The van der Waals surface area contributed by atoms with Crippen LogP contribution in [0, 0.1) is 0 Å². The van der Waals surface area contributed by atoms with E-state index in [2.05, 4.69) is 61.0 Å². The third kappa shape index (κ3) is 3.82. The van der Waals surface area contributed by atoms with Crippen LogP contribution in [-0.2, 0) is 0 Å². The molecule has 2 atom stereocenters. The Morgan fingerprint density at radius 3 is 2.31 bits per heavy atom. The van der Waals surface area contributed by atoms with Crippen LogP contribution < -0.4 is 4.74 Å². The normalized spacial score (nSPS) is 14.5. The lowest BCUT2D eigenvalue weighted by Crippen LogP contribution is -2.07. The molecule has 1 aromatic carbocycles. The first kappa shape index (κ1) is 13.6. The number of rotatable bonds is 6. The van der Waals surface area contributed by atoms with Crippen molar-refractivity contribution in [3.8, 4) is 5.75 Å². The molecular weight excluding hydrogens is 264 g/mol. The SMILES string of the molecule is CCCOc1ccc(C(C)C(Br)CC)cc1. The molecule has 0 fully saturated rings. The maximum absolute atomic E-state index is 5.56. The molecule has 0 amide bonds. The molecule has 1 aromatic rings. The zero-order valence-corrected chi connectivity index (χ0v) is 12.0. The number of ether oxygens (including phenoxy) is 1. The highest BCUT2D eigenvalue weighted by molar-refractivity contribution is 9.09. The summed E-state index contributed by atoms with van der Waals surface area (Å²) in [6.07, 6.45) is 2.20. The van der Waals surface area contributed by atoms with E-state index in [9.17, 15) is 0 Å². The van der Waals surface area contributed by atoms with Crippen molar-refractivity contribution in [1.29, 1.82) is 0 Å². The molecule has 2 unspecified atom stereocenters. The van der Waals surface area contributed by atoms with Gasteiger partial charge in [0.25, 0.3) is 0 Å². The van der Waals surface area contributed by atoms with Crippen LogP contribution in [0.4, 0.5) is 0 Å². The average Bonchev–Trinajstić information content (AvgIpc) is 2.35. The smallest absolute Gasteiger partial charge is 0.119 e. The van der Waals surface area contributed by atoms with Gasteiger partial charge in [-0.25, -0.2) is 0 Å². The molecule has 0 saturated heterocycles. The summed E-state index contributed by atoms with van der Waals surface area (Å²) in [4.78, 5) is 0.551. The van der Waals surface area contributed by atoms with Crippen LogP contribution in [0.1, 0.15) is 45.1 Å². The van der Waals surface area contributed by atoms with Crippen molar-refractivity contribution in [1.82, 2.24) is 0 Å². The lowest BCUT2D eigenvalue weighted by atomic mass is 9.96. The van der Waals surface area contributed by atoms with E-state index in [-0.39, 0.29) is 0 Å². The topological polar surface area (TPSA) is 9.23 Å². The molecule has 0 N–H and O–H groups in total. The Morgan fingerprint density at radius 2 is 1.81 bits per heavy atom. The molecule has 1 rings (SSSR count). The molecule has 0 aliphatic heterocycles. The van der Waals surface area contributed by atoms with Crippen molar-refractivity contribution in [2.75, 3.05) is 6.61 Å². The first-order valence-corrected chi connectivity index (χ1v) is 6.97. The maximum Gasteiger partial charge on any atom is 0.119 e. The Balaban J connectivity index is 2.63. The van der Waals surface area contributed by atoms with E-state index in [0.29, 0.717) is 10.7 Å². The second kappa shape index (κ2) is 6.95. The molecule has 0 aliphatic rings. The first-order chi connectivity index (χ1) is 7.69. The van der Waals surface area contributed by atoms with Crippen LogP contribution in [0.5, 0.6) is 5.75 Å². The molecule has 0 aromatic heterocycles. The molecule has 0 spiro atoms. The number of benzene rings is 1. The van der Waals surface area contributed by atoms with E-state index < -0.39 is 0 Å². The van der Waals surface area contributed by atoms with E-state index in [0.717, 1.165) is 25.2 Å². The van der Waals surface area contributed by atoms with Gasteiger partial charge in [0.15, 0.2) is 0 Å². The largest absolute Gasteiger partial charge is 0.494 e. The first-order valence-electron chi connectivity index (χ1n) is 6.05. The minimum atomic E-state index is 0.547. The average molecular weight is 285 g/mol. The molecule has 0 bridgehead atoms. The molecule has 0 aliphatic carbocycles. The standard InChI is InChI=1S/C14H21BrO/c1-4-10-16-13-8-6-12(7-9-13)11(3)14(15)5-2/h6-9,11,14H,4-5,10H2,1-3H3. The van der Waals surface area contributed by atoms with Gasteiger partial charge in [-0.2, -0.15) is 0 Å². The van der Waals surface area contributed by atoms with E-state index in [1.165, 1.54) is 5.56 Å². The van der Waals surface area contributed by atoms with Crippen molar-refractivity contribution in [2.45, 2.75) is 44.4 Å². The minimum Gasteiger partial charge on any atom is -0.494 e. The second-order valence-corrected chi connectivity index (χ2v) is 5.31. The molecular formula is C14H21BrO. The van der Waals surface area contributed by atoms with Crippen LogP contribution in [0.25, 0.3) is 0 Å². The molecule has 0 radical (unpaired) electrons. The van der Waals surface area contributed by atoms with Crippen LogP contribution in [0.2, 0.25) is 0 Å². The van der Waals surface area contributed by atoms with Crippen LogP contribution >= 0.6 is 15.9 Å². The fourth-order valence-electron chi connectivity index (χ4n) is 1.65. The van der Waals surface area contributed by atoms with Gasteiger partial charge in [0.1, 0.15) is 5.75 Å². The summed E-state index contributed by atoms with van der Waals surface area (Å²) in [6.45, 7) is 7.37. The van der Waals surface area contributed by atoms with Crippen molar-refractivity contribution >= 4 is 15.9 Å². The summed E-state index contributed by atoms with van der Waals surface area (Å²) in [5, 5.41) is 0. The predicted molar refractivity (Wildman–Crippen MR) is 73.6 cm³/mol. The molecule has 16 heavy (non-hydrogen) atoms. The summed E-state index contributed by atoms with van der Waals surface area (Å²) in [7, 11) is 0. The fraction of sp³-hybridized carbons (Fsp3) is 0.571. The molecule has 0 heterocycles. The van der Waals surface area contributed by atoms with Gasteiger partial charge in [-0.15, -0.1) is 0 Å². The third-order valence-corrected chi connectivity index (χ3v) is 4.25. The van der Waals surface area contributed by atoms with Crippen molar-refractivity contribution in [3.63, 3.8) is 0 Å². The van der Waals surface area contributed by atoms with E-state index in [4.69, 9.17) is 4.74 Å². The van der Waals surface area contributed by atoms with E-state index in [1.807, 2.05) is 0 Å². The summed E-state index contributed by atoms with van der Waals surface area (Å²) in [5.41, 5.74) is 1.37. The van der Waals surface area contributed by atoms with Gasteiger partial charge in [0.2, 0.25) is 0 Å². The predicted octanol–water partition coefficient (Wildman–Crippen LogP) is 4.75. The molecule has 2 heteroatoms. The zero-order chi connectivity index (χ0) is 12.0. The summed E-state index contributed by atoms with van der Waals surface area (Å²) < 4.78 is 5.56. The second-order valence-electron chi connectivity index (χ2n) is 4.13.